The molecule has 1 heterocycles. The van der Waals surface area contributed by atoms with Crippen molar-refractivity contribution < 1.29 is 14.7 Å². The third kappa shape index (κ3) is 1.53. The van der Waals surface area contributed by atoms with Gasteiger partial charge in [0.15, 0.2) is 0 Å². The number of carbonyl (C=O) groups excluding carboxylic acids is 1. The first-order valence-electron chi connectivity index (χ1n) is 4.69. The van der Waals surface area contributed by atoms with Crippen molar-refractivity contribution in [2.24, 2.45) is 11.8 Å². The highest BCUT2D eigenvalue weighted by Crippen LogP contribution is 2.34. The molecule has 0 bridgehead atoms. The maximum absolute atomic E-state index is 11.0. The van der Waals surface area contributed by atoms with Crippen LogP contribution in [0.2, 0.25) is 0 Å². The fraction of sp³-hybridized carbons (Fsp3) is 0.778. The average Bonchev–Trinajstić information content (AvgIpc) is 2.42. The molecule has 2 aliphatic rings. The first-order valence-corrected chi connectivity index (χ1v) is 4.69. The summed E-state index contributed by atoms with van der Waals surface area (Å²) in [5, 5.41) is 11.6. The number of carboxylic acids is 1. The van der Waals surface area contributed by atoms with Gasteiger partial charge in [-0.3, -0.25) is 9.59 Å². The number of hydrogen-bond donors (Lipinski definition) is 2. The second kappa shape index (κ2) is 3.01. The van der Waals surface area contributed by atoms with Crippen LogP contribution >= 0.6 is 0 Å². The molecule has 1 saturated heterocycles. The van der Waals surface area contributed by atoms with Crippen LogP contribution in [0.25, 0.3) is 0 Å². The van der Waals surface area contributed by atoms with Crippen molar-refractivity contribution in [3.8, 4) is 0 Å². The minimum Gasteiger partial charge on any atom is -0.481 e. The number of carbonyl (C=O) groups is 2. The molecular formula is C9H13NO3. The molecule has 0 radical (unpaired) electrons. The highest BCUT2D eigenvalue weighted by Gasteiger charge is 2.39. The summed E-state index contributed by atoms with van der Waals surface area (Å²) in [6, 6.07) is 0.127. The number of amides is 1. The van der Waals surface area contributed by atoms with Gasteiger partial charge in [-0.2, -0.15) is 0 Å². The van der Waals surface area contributed by atoms with Crippen LogP contribution in [-0.4, -0.2) is 23.0 Å². The first kappa shape index (κ1) is 8.53. The van der Waals surface area contributed by atoms with E-state index in [0.717, 1.165) is 12.8 Å². The fourth-order valence-corrected chi connectivity index (χ4v) is 2.38. The Bertz CT molecular complexity index is 251. The molecule has 1 aliphatic heterocycles. The van der Waals surface area contributed by atoms with Gasteiger partial charge in [-0.15, -0.1) is 0 Å². The standard InChI is InChI=1S/C9H13NO3/c11-8-4-5-1-2-6(9(12)13)3-7(5)10-8/h5-7H,1-4H2,(H,10,11)(H,12,13). The number of aliphatic carboxylic acids is 1. The zero-order valence-corrected chi connectivity index (χ0v) is 7.32. The normalized spacial score (nSPS) is 38.2. The summed E-state index contributed by atoms with van der Waals surface area (Å²) >= 11 is 0. The van der Waals surface area contributed by atoms with Gasteiger partial charge in [0, 0.05) is 12.5 Å². The molecule has 72 valence electrons. The van der Waals surface area contributed by atoms with E-state index in [1.807, 2.05) is 0 Å². The molecule has 4 heteroatoms. The topological polar surface area (TPSA) is 66.4 Å². The van der Waals surface area contributed by atoms with Gasteiger partial charge in [-0.1, -0.05) is 0 Å². The molecule has 4 nitrogen and oxygen atoms in total. The van der Waals surface area contributed by atoms with E-state index >= 15 is 0 Å². The van der Waals surface area contributed by atoms with Gasteiger partial charge in [0.1, 0.15) is 0 Å². The zero-order valence-electron chi connectivity index (χ0n) is 7.32. The van der Waals surface area contributed by atoms with Crippen molar-refractivity contribution in [1.29, 1.82) is 0 Å². The molecule has 3 unspecified atom stereocenters. The summed E-state index contributed by atoms with van der Waals surface area (Å²) in [4.78, 5) is 21.7. The molecule has 13 heavy (non-hydrogen) atoms. The monoisotopic (exact) mass is 183 g/mol. The van der Waals surface area contributed by atoms with E-state index < -0.39 is 5.97 Å². The Balaban J connectivity index is 2.01. The van der Waals surface area contributed by atoms with Gasteiger partial charge in [-0.25, -0.2) is 0 Å². The summed E-state index contributed by atoms with van der Waals surface area (Å²) in [5.74, 6) is -0.497. The van der Waals surface area contributed by atoms with Crippen LogP contribution in [0.15, 0.2) is 0 Å². The third-order valence-electron chi connectivity index (χ3n) is 3.14. The molecule has 0 aromatic heterocycles. The van der Waals surface area contributed by atoms with Crippen LogP contribution < -0.4 is 5.32 Å². The Hall–Kier alpha value is -1.06. The SMILES string of the molecule is O=C1CC2CCC(C(=O)O)CC2N1. The van der Waals surface area contributed by atoms with E-state index in [1.54, 1.807) is 0 Å². The van der Waals surface area contributed by atoms with Crippen LogP contribution in [0.3, 0.4) is 0 Å². The van der Waals surface area contributed by atoms with Crippen molar-refractivity contribution >= 4 is 11.9 Å². The Morgan fingerprint density at radius 3 is 2.92 bits per heavy atom. The Morgan fingerprint density at radius 1 is 1.46 bits per heavy atom. The number of carboxylic acid groups (broad SMARTS) is 1. The van der Waals surface area contributed by atoms with E-state index in [-0.39, 0.29) is 17.9 Å². The second-order valence-electron chi connectivity index (χ2n) is 3.99. The van der Waals surface area contributed by atoms with Crippen molar-refractivity contribution in [3.05, 3.63) is 0 Å². The molecule has 3 atom stereocenters. The molecule has 0 spiro atoms. The first-order chi connectivity index (χ1) is 6.16. The van der Waals surface area contributed by atoms with E-state index in [2.05, 4.69) is 5.32 Å². The molecule has 2 N–H and O–H groups in total. The van der Waals surface area contributed by atoms with E-state index in [4.69, 9.17) is 5.11 Å². The van der Waals surface area contributed by atoms with Crippen LogP contribution in [0.5, 0.6) is 0 Å². The second-order valence-corrected chi connectivity index (χ2v) is 3.99. The van der Waals surface area contributed by atoms with Gasteiger partial charge >= 0.3 is 5.97 Å². The summed E-state index contributed by atoms with van der Waals surface area (Å²) < 4.78 is 0. The van der Waals surface area contributed by atoms with Crippen molar-refractivity contribution in [1.82, 2.24) is 5.32 Å². The summed E-state index contributed by atoms with van der Waals surface area (Å²) in [6.45, 7) is 0. The quantitative estimate of drug-likeness (QED) is 0.617. The highest BCUT2D eigenvalue weighted by atomic mass is 16.4. The smallest absolute Gasteiger partial charge is 0.306 e. The van der Waals surface area contributed by atoms with Crippen LogP contribution in [-0.2, 0) is 9.59 Å². The Labute approximate surface area is 76.3 Å². The van der Waals surface area contributed by atoms with Gasteiger partial charge in [0.25, 0.3) is 0 Å². The summed E-state index contributed by atoms with van der Waals surface area (Å²) in [6.07, 6.45) is 2.81. The molecule has 1 aliphatic carbocycles. The van der Waals surface area contributed by atoms with E-state index in [0.29, 0.717) is 18.8 Å². The predicted molar refractivity (Wildman–Crippen MR) is 45.0 cm³/mol. The molecule has 1 amide bonds. The number of fused-ring (bicyclic) bond motifs is 1. The molecule has 1 saturated carbocycles. The molecule has 0 aromatic carbocycles. The maximum Gasteiger partial charge on any atom is 0.306 e. The lowest BCUT2D eigenvalue weighted by Crippen LogP contribution is -2.37. The molecule has 2 fully saturated rings. The minimum atomic E-state index is -0.723. The number of rotatable bonds is 1. The summed E-state index contributed by atoms with van der Waals surface area (Å²) in [7, 11) is 0. The average molecular weight is 183 g/mol. The van der Waals surface area contributed by atoms with E-state index in [9.17, 15) is 9.59 Å². The summed E-state index contributed by atoms with van der Waals surface area (Å²) in [5.41, 5.74) is 0. The maximum atomic E-state index is 11.0. The largest absolute Gasteiger partial charge is 0.481 e. The highest BCUT2D eigenvalue weighted by molar-refractivity contribution is 5.79. The van der Waals surface area contributed by atoms with Crippen LogP contribution in [0, 0.1) is 11.8 Å². The minimum absolute atomic E-state index is 0.0843. The fourth-order valence-electron chi connectivity index (χ4n) is 2.38. The number of hydrogen-bond acceptors (Lipinski definition) is 2. The molecular weight excluding hydrogens is 170 g/mol. The Kier molecular flexibility index (Phi) is 1.98. The molecule has 0 aromatic rings. The predicted octanol–water partition coefficient (Wildman–Crippen LogP) is 0.376. The Morgan fingerprint density at radius 2 is 2.23 bits per heavy atom. The lowest BCUT2D eigenvalue weighted by molar-refractivity contribution is -0.143. The van der Waals surface area contributed by atoms with Crippen LogP contribution in [0.1, 0.15) is 25.7 Å². The van der Waals surface area contributed by atoms with Crippen molar-refractivity contribution in [3.63, 3.8) is 0 Å². The van der Waals surface area contributed by atoms with Gasteiger partial charge < -0.3 is 10.4 Å². The molecule has 2 rings (SSSR count). The van der Waals surface area contributed by atoms with Gasteiger partial charge in [0.2, 0.25) is 5.91 Å². The van der Waals surface area contributed by atoms with Crippen LogP contribution in [0.4, 0.5) is 0 Å². The lowest BCUT2D eigenvalue weighted by Gasteiger charge is -2.28. The zero-order chi connectivity index (χ0) is 9.42. The number of nitrogens with one attached hydrogen (secondary N) is 1. The van der Waals surface area contributed by atoms with Gasteiger partial charge in [-0.05, 0) is 25.2 Å². The van der Waals surface area contributed by atoms with Crippen molar-refractivity contribution in [2.75, 3.05) is 0 Å². The van der Waals surface area contributed by atoms with Gasteiger partial charge in [0.05, 0.1) is 5.92 Å². The van der Waals surface area contributed by atoms with Crippen molar-refractivity contribution in [2.45, 2.75) is 31.7 Å². The third-order valence-corrected chi connectivity index (χ3v) is 3.14. The lowest BCUT2D eigenvalue weighted by atomic mass is 9.79. The van der Waals surface area contributed by atoms with E-state index in [1.165, 1.54) is 0 Å².